The van der Waals surface area contributed by atoms with Crippen LogP contribution in [0.25, 0.3) is 0 Å². The van der Waals surface area contributed by atoms with Gasteiger partial charge in [0.2, 0.25) is 11.8 Å². The summed E-state index contributed by atoms with van der Waals surface area (Å²) in [5.41, 5.74) is 0.975. The van der Waals surface area contributed by atoms with Crippen LogP contribution in [0.2, 0.25) is 0 Å². The van der Waals surface area contributed by atoms with Crippen LogP contribution in [0, 0.1) is 13.8 Å². The maximum Gasteiger partial charge on any atom is 0.314 e. The highest BCUT2D eigenvalue weighted by Crippen LogP contribution is 2.12. The number of hydrogen-bond donors (Lipinski definition) is 2. The van der Waals surface area contributed by atoms with E-state index in [0.717, 1.165) is 23.2 Å². The van der Waals surface area contributed by atoms with Crippen LogP contribution < -0.4 is 16.2 Å². The minimum atomic E-state index is -0.125. The molecule has 0 spiro atoms. The van der Waals surface area contributed by atoms with Crippen LogP contribution in [0.15, 0.2) is 83.1 Å². The molecule has 0 saturated heterocycles. The van der Waals surface area contributed by atoms with E-state index in [0.29, 0.717) is 47.2 Å². The highest BCUT2D eigenvalue weighted by molar-refractivity contribution is 5.73. The number of nitrogens with zero attached hydrogens (tertiary/aromatic N) is 9. The Hall–Kier alpha value is -5.94. The van der Waals surface area contributed by atoms with Crippen molar-refractivity contribution < 1.29 is 27.1 Å². The van der Waals surface area contributed by atoms with Crippen molar-refractivity contribution in [2.45, 2.75) is 208 Å². The third-order valence-corrected chi connectivity index (χ3v) is 6.98. The van der Waals surface area contributed by atoms with E-state index >= 15 is 0 Å². The van der Waals surface area contributed by atoms with Crippen molar-refractivity contribution in [2.75, 3.05) is 7.05 Å². The lowest BCUT2D eigenvalue weighted by molar-refractivity contribution is 0.240. The Bertz CT molecular complexity index is 1810. The van der Waals surface area contributed by atoms with Crippen molar-refractivity contribution >= 4 is 6.03 Å². The first-order valence-corrected chi connectivity index (χ1v) is 24.0. The Kier molecular flexibility index (Phi) is 48.3. The van der Waals surface area contributed by atoms with Gasteiger partial charge < -0.3 is 32.9 Å². The fraction of sp³-hybridized carbons (Fsp3) is 0.640. The van der Waals surface area contributed by atoms with Crippen LogP contribution in [0.3, 0.4) is 0 Å². The molecule has 0 radical (unpaired) electrons. The van der Waals surface area contributed by atoms with E-state index in [2.05, 4.69) is 78.7 Å². The van der Waals surface area contributed by atoms with E-state index in [9.17, 15) is 9.59 Å². The van der Waals surface area contributed by atoms with Crippen LogP contribution >= 0.6 is 0 Å². The molecule has 0 aliphatic heterocycles. The molecule has 0 aliphatic rings. The van der Waals surface area contributed by atoms with Gasteiger partial charge in [-0.3, -0.25) is 4.79 Å². The summed E-state index contributed by atoms with van der Waals surface area (Å²) in [7, 11) is 1.59. The minimum absolute atomic E-state index is 0.0440. The van der Waals surface area contributed by atoms with Crippen molar-refractivity contribution in [1.82, 2.24) is 55.6 Å². The summed E-state index contributed by atoms with van der Waals surface area (Å²) in [6, 6.07) is 3.39. The largest absolute Gasteiger partial charge is 0.451 e. The molecular formula is C50H93N11O7. The number of aryl methyl sites for hydroxylation is 2. The second kappa shape index (κ2) is 46.2. The molecule has 0 atom stereocenters. The molecule has 0 unspecified atom stereocenters. The molecule has 390 valence electrons. The van der Waals surface area contributed by atoms with Gasteiger partial charge in [-0.15, -0.1) is 0 Å². The molecule has 2 amide bonds. The number of urea groups is 1. The molecule has 0 bridgehead atoms. The van der Waals surface area contributed by atoms with Gasteiger partial charge in [0.1, 0.15) is 18.3 Å². The fourth-order valence-corrected chi connectivity index (χ4v) is 3.73. The topological polar surface area (TPSA) is 232 Å². The molecule has 18 heteroatoms. The number of nitrogens with one attached hydrogen (secondary N) is 2. The lowest BCUT2D eigenvalue weighted by Gasteiger charge is -2.05. The molecule has 0 aromatic carbocycles. The van der Waals surface area contributed by atoms with E-state index < -0.39 is 0 Å². The van der Waals surface area contributed by atoms with Crippen LogP contribution in [0.5, 0.6) is 0 Å². The highest BCUT2D eigenvalue weighted by atomic mass is 16.5. The van der Waals surface area contributed by atoms with Crippen LogP contribution in [-0.2, 0) is 0 Å². The van der Waals surface area contributed by atoms with Crippen molar-refractivity contribution in [1.29, 1.82) is 0 Å². The predicted molar refractivity (Wildman–Crippen MR) is 275 cm³/mol. The lowest BCUT2D eigenvalue weighted by atomic mass is 10.2. The number of hydrogen-bond acceptors (Lipinski definition) is 15. The summed E-state index contributed by atoms with van der Waals surface area (Å²) in [5, 5.41) is 16.4. The molecule has 18 nitrogen and oxygen atoms in total. The molecule has 2 N–H and O–H groups in total. The maximum atomic E-state index is 11.0. The summed E-state index contributed by atoms with van der Waals surface area (Å²) in [6.45, 7) is 47.8. The molecule has 68 heavy (non-hydrogen) atoms. The first kappa shape index (κ1) is 71.1. The number of carbonyl (C=O) groups excluding carboxylic acids is 1. The molecule has 6 heterocycles. The van der Waals surface area contributed by atoms with Gasteiger partial charge in [-0.1, -0.05) is 135 Å². The molecule has 6 aromatic rings. The third kappa shape index (κ3) is 38.2. The summed E-state index contributed by atoms with van der Waals surface area (Å²) < 4.78 is 25.8. The monoisotopic (exact) mass is 960 g/mol. The van der Waals surface area contributed by atoms with Gasteiger partial charge >= 0.3 is 6.03 Å². The minimum Gasteiger partial charge on any atom is -0.451 e. The maximum absolute atomic E-state index is 11.0. The average Bonchev–Trinajstić information content (AvgIpc) is 4.19. The first-order valence-electron chi connectivity index (χ1n) is 24.0. The first-order chi connectivity index (χ1) is 32.2. The van der Waals surface area contributed by atoms with Crippen molar-refractivity contribution in [3.8, 4) is 0 Å². The zero-order valence-electron chi connectivity index (χ0n) is 46.6. The van der Waals surface area contributed by atoms with E-state index in [1.807, 2.05) is 132 Å². The number of carbonyl (C=O) groups is 1. The van der Waals surface area contributed by atoms with Crippen molar-refractivity contribution in [3.63, 3.8) is 0 Å². The van der Waals surface area contributed by atoms with Gasteiger partial charge in [-0.25, -0.2) is 24.4 Å². The standard InChI is InChI=1S/C7H10N2O.2C6H10N2O.3C6H9NO.C5H12N2O.4C2H6/c1-6(2)9-7(10)4-3-5-8-9;1-4(2)6-7-5(3)9-8-6;1-4(2)6-7-5(3)8-9-6;1-5(2)6-3-8-4-7-6;1-5(2)6-3-7-4-8-6;1-5(2)6-7-3-4-8-6;1-4(2)7-5(8)6-3;4*1-2/h3-6H,1-2H3;2*4H,1-3H3;3*3-5H,1-2H3;4H,1-3H3,(H2,6,7,8);4*1-2H3. The average molecular weight is 960 g/mol. The SMILES string of the molecule is CC.CC.CC.CC.CC(C)c1cnco1.CC(C)c1cocn1.CC(C)c1ncco1.CC(C)n1ncccc1=O.CNC(=O)NC(C)C.Cc1nc(C(C)C)no1.Cc1noc(C(C)C)n1. The molecule has 0 saturated carbocycles. The number of rotatable bonds is 7. The van der Waals surface area contributed by atoms with Gasteiger partial charge in [0.25, 0.3) is 5.56 Å². The zero-order valence-corrected chi connectivity index (χ0v) is 46.6. The van der Waals surface area contributed by atoms with E-state index in [1.165, 1.54) is 23.5 Å². The molecular weight excluding hydrogens is 867 g/mol. The highest BCUT2D eigenvalue weighted by Gasteiger charge is 2.06. The van der Waals surface area contributed by atoms with E-state index in [-0.39, 0.29) is 23.7 Å². The van der Waals surface area contributed by atoms with Gasteiger partial charge in [0, 0.05) is 55.9 Å². The van der Waals surface area contributed by atoms with Gasteiger partial charge in [0.15, 0.2) is 30.3 Å². The Morgan fingerprint density at radius 1 is 0.662 bits per heavy atom. The van der Waals surface area contributed by atoms with Crippen molar-refractivity contribution in [3.05, 3.63) is 107 Å². The quantitative estimate of drug-likeness (QED) is 0.151. The fourth-order valence-electron chi connectivity index (χ4n) is 3.73. The molecule has 6 aromatic heterocycles. The number of oxazole rings is 3. The third-order valence-electron chi connectivity index (χ3n) is 6.98. The Morgan fingerprint density at radius 3 is 1.47 bits per heavy atom. The van der Waals surface area contributed by atoms with Crippen molar-refractivity contribution in [2.24, 2.45) is 0 Å². The second-order valence-corrected chi connectivity index (χ2v) is 15.1. The second-order valence-electron chi connectivity index (χ2n) is 15.1. The zero-order chi connectivity index (χ0) is 53.8. The van der Waals surface area contributed by atoms with Crippen LogP contribution in [0.1, 0.15) is 229 Å². The summed E-state index contributed by atoms with van der Waals surface area (Å²) in [4.78, 5) is 41.1. The summed E-state index contributed by atoms with van der Waals surface area (Å²) in [6.07, 6.45) is 11.2. The van der Waals surface area contributed by atoms with Gasteiger partial charge in [-0.2, -0.15) is 15.1 Å². The molecule has 6 rings (SSSR count). The van der Waals surface area contributed by atoms with Gasteiger partial charge in [0.05, 0.1) is 24.1 Å². The predicted octanol–water partition coefficient (Wildman–Crippen LogP) is 13.6. The normalized spacial score (nSPS) is 9.41. The molecule has 0 fully saturated rings. The Balaban J connectivity index is -0.000000222. The van der Waals surface area contributed by atoms with Crippen LogP contribution in [-0.4, -0.2) is 64.1 Å². The Labute approximate surface area is 409 Å². The summed E-state index contributed by atoms with van der Waals surface area (Å²) in [5.74, 6) is 6.65. The number of amides is 2. The van der Waals surface area contributed by atoms with E-state index in [4.69, 9.17) is 22.3 Å². The van der Waals surface area contributed by atoms with Gasteiger partial charge in [-0.05, 0) is 46.6 Å². The smallest absolute Gasteiger partial charge is 0.314 e. The summed E-state index contributed by atoms with van der Waals surface area (Å²) >= 11 is 0. The molecule has 0 aliphatic carbocycles. The van der Waals surface area contributed by atoms with Crippen LogP contribution in [0.4, 0.5) is 4.79 Å². The Morgan fingerprint density at radius 2 is 1.25 bits per heavy atom. The lowest BCUT2D eigenvalue weighted by Crippen LogP contribution is -2.37. The number of aromatic nitrogens is 9. The van der Waals surface area contributed by atoms with E-state index in [1.54, 1.807) is 51.2 Å².